The Balaban J connectivity index is 2.72. The topological polar surface area (TPSA) is 32.3 Å². The maximum absolute atomic E-state index is 11.9. The van der Waals surface area contributed by atoms with Crippen molar-refractivity contribution in [2.75, 3.05) is 13.1 Å². The van der Waals surface area contributed by atoms with Crippen molar-refractivity contribution in [2.24, 2.45) is 23.7 Å². The molecule has 1 atom stereocenters. The summed E-state index contributed by atoms with van der Waals surface area (Å²) in [5.74, 6) is 2.56. The van der Waals surface area contributed by atoms with Crippen LogP contribution in [0.3, 0.4) is 0 Å². The van der Waals surface area contributed by atoms with Crippen molar-refractivity contribution in [1.82, 2.24) is 10.2 Å². The van der Waals surface area contributed by atoms with Crippen LogP contribution in [0.25, 0.3) is 0 Å². The van der Waals surface area contributed by atoms with Crippen LogP contribution in [0.1, 0.15) is 41.5 Å². The summed E-state index contributed by atoms with van der Waals surface area (Å²) < 4.78 is 0. The molecule has 1 aliphatic rings. The van der Waals surface area contributed by atoms with E-state index in [-0.39, 0.29) is 12.1 Å². The fraction of sp³-hybridized carbons (Fsp3) is 0.929. The van der Waals surface area contributed by atoms with E-state index in [0.29, 0.717) is 30.2 Å². The molecule has 1 N–H and O–H groups in total. The van der Waals surface area contributed by atoms with E-state index in [1.807, 2.05) is 0 Å². The highest BCUT2D eigenvalue weighted by Gasteiger charge is 2.34. The smallest absolute Gasteiger partial charge is 0.237 e. The van der Waals surface area contributed by atoms with E-state index >= 15 is 0 Å². The van der Waals surface area contributed by atoms with Crippen LogP contribution in [0.2, 0.25) is 0 Å². The lowest BCUT2D eigenvalue weighted by molar-refractivity contribution is -0.129. The molecule has 1 heterocycles. The van der Waals surface area contributed by atoms with Crippen LogP contribution in [0.5, 0.6) is 0 Å². The molecule has 1 unspecified atom stereocenters. The Morgan fingerprint density at radius 3 is 2.12 bits per heavy atom. The Labute approximate surface area is 106 Å². The number of nitrogens with one attached hydrogen (secondary N) is 1. The molecule has 3 nitrogen and oxygen atoms in total. The number of hydrogen-bond donors (Lipinski definition) is 1. The summed E-state index contributed by atoms with van der Waals surface area (Å²) in [5.41, 5.74) is 0. The van der Waals surface area contributed by atoms with Gasteiger partial charge in [0.05, 0.1) is 12.7 Å². The molecule has 0 radical (unpaired) electrons. The Bertz CT molecular complexity index is 253. The van der Waals surface area contributed by atoms with Crippen LogP contribution < -0.4 is 5.32 Å². The van der Waals surface area contributed by atoms with E-state index in [1.165, 1.54) is 0 Å². The largest absolute Gasteiger partial charge is 0.325 e. The molecule has 1 fully saturated rings. The Hall–Kier alpha value is -0.570. The van der Waals surface area contributed by atoms with Crippen molar-refractivity contribution in [3.05, 3.63) is 0 Å². The average Bonchev–Trinajstić information content (AvgIpc) is 2.55. The van der Waals surface area contributed by atoms with Gasteiger partial charge in [-0.3, -0.25) is 10.1 Å². The zero-order chi connectivity index (χ0) is 13.2. The van der Waals surface area contributed by atoms with E-state index in [9.17, 15) is 4.79 Å². The molecular formula is C14H28N2O. The second-order valence-electron chi connectivity index (χ2n) is 6.27. The summed E-state index contributed by atoms with van der Waals surface area (Å²) in [6.45, 7) is 14.7. The van der Waals surface area contributed by atoms with Gasteiger partial charge < -0.3 is 4.90 Å². The molecule has 3 heteroatoms. The van der Waals surface area contributed by atoms with Gasteiger partial charge >= 0.3 is 0 Å². The minimum absolute atomic E-state index is 0.225. The Kier molecular flexibility index (Phi) is 4.99. The fourth-order valence-electron chi connectivity index (χ4n) is 2.79. The van der Waals surface area contributed by atoms with Gasteiger partial charge in [-0.15, -0.1) is 0 Å². The lowest BCUT2D eigenvalue weighted by atomic mass is 9.85. The van der Waals surface area contributed by atoms with Crippen molar-refractivity contribution < 1.29 is 4.79 Å². The third-order valence-electron chi connectivity index (χ3n) is 3.87. The third-order valence-corrected chi connectivity index (χ3v) is 3.87. The fourth-order valence-corrected chi connectivity index (χ4v) is 2.79. The van der Waals surface area contributed by atoms with Crippen LogP contribution in [0, 0.1) is 23.7 Å². The molecule has 0 aromatic rings. The SMILES string of the molecule is CC(C)C(CN1C(=O)CNC1C(C)C)C(C)C. The van der Waals surface area contributed by atoms with E-state index in [0.717, 1.165) is 6.54 Å². The first kappa shape index (κ1) is 14.5. The molecular weight excluding hydrogens is 212 g/mol. The van der Waals surface area contributed by atoms with Crippen LogP contribution in [0.4, 0.5) is 0 Å². The van der Waals surface area contributed by atoms with Crippen molar-refractivity contribution in [2.45, 2.75) is 47.7 Å². The van der Waals surface area contributed by atoms with Gasteiger partial charge in [0.2, 0.25) is 5.91 Å². The van der Waals surface area contributed by atoms with Crippen molar-refractivity contribution in [3.63, 3.8) is 0 Å². The summed E-state index contributed by atoms with van der Waals surface area (Å²) in [7, 11) is 0. The molecule has 1 aliphatic heterocycles. The van der Waals surface area contributed by atoms with Gasteiger partial charge in [0.25, 0.3) is 0 Å². The summed E-state index contributed by atoms with van der Waals surface area (Å²) in [5, 5.41) is 3.32. The van der Waals surface area contributed by atoms with Gasteiger partial charge in [-0.25, -0.2) is 0 Å². The number of carbonyl (C=O) groups excluding carboxylic acids is 1. The van der Waals surface area contributed by atoms with Crippen LogP contribution >= 0.6 is 0 Å². The molecule has 17 heavy (non-hydrogen) atoms. The normalized spacial score (nSPS) is 21.6. The first-order valence-corrected chi connectivity index (χ1v) is 6.87. The van der Waals surface area contributed by atoms with Crippen molar-refractivity contribution in [1.29, 1.82) is 0 Å². The highest BCUT2D eigenvalue weighted by atomic mass is 16.2. The van der Waals surface area contributed by atoms with E-state index in [1.54, 1.807) is 0 Å². The van der Waals surface area contributed by atoms with Crippen molar-refractivity contribution in [3.8, 4) is 0 Å². The lowest BCUT2D eigenvalue weighted by Gasteiger charge is -2.34. The molecule has 100 valence electrons. The molecule has 0 aliphatic carbocycles. The molecule has 1 rings (SSSR count). The predicted molar refractivity (Wildman–Crippen MR) is 71.5 cm³/mol. The first-order valence-electron chi connectivity index (χ1n) is 6.87. The average molecular weight is 240 g/mol. The summed E-state index contributed by atoms with van der Waals surface area (Å²) in [6, 6.07) is 0. The van der Waals surface area contributed by atoms with Crippen molar-refractivity contribution >= 4 is 5.91 Å². The van der Waals surface area contributed by atoms with Crippen LogP contribution in [0.15, 0.2) is 0 Å². The second-order valence-corrected chi connectivity index (χ2v) is 6.27. The van der Waals surface area contributed by atoms with Gasteiger partial charge in [0.15, 0.2) is 0 Å². The maximum atomic E-state index is 11.9. The van der Waals surface area contributed by atoms with Gasteiger partial charge in [-0.1, -0.05) is 41.5 Å². The summed E-state index contributed by atoms with van der Waals surface area (Å²) in [4.78, 5) is 14.0. The number of hydrogen-bond acceptors (Lipinski definition) is 2. The molecule has 0 aromatic carbocycles. The molecule has 1 amide bonds. The molecule has 0 spiro atoms. The maximum Gasteiger partial charge on any atom is 0.237 e. The highest BCUT2D eigenvalue weighted by Crippen LogP contribution is 2.25. The van der Waals surface area contributed by atoms with Gasteiger partial charge in [0, 0.05) is 6.54 Å². The third kappa shape index (κ3) is 3.44. The quantitative estimate of drug-likeness (QED) is 0.800. The summed E-state index contributed by atoms with van der Waals surface area (Å²) >= 11 is 0. The number of rotatable bonds is 5. The monoisotopic (exact) mass is 240 g/mol. The van der Waals surface area contributed by atoms with Gasteiger partial charge in [-0.2, -0.15) is 0 Å². The van der Waals surface area contributed by atoms with E-state index in [4.69, 9.17) is 0 Å². The zero-order valence-electron chi connectivity index (χ0n) is 12.2. The standard InChI is InChI=1S/C14H28N2O/c1-9(2)12(10(3)4)8-16-13(17)7-15-14(16)11(5)6/h9-12,14-15H,7-8H2,1-6H3. The second kappa shape index (κ2) is 5.85. The van der Waals surface area contributed by atoms with Gasteiger partial charge in [-0.05, 0) is 23.7 Å². The number of carbonyl (C=O) groups is 1. The number of nitrogens with zero attached hydrogens (tertiary/aromatic N) is 1. The molecule has 0 bridgehead atoms. The minimum atomic E-state index is 0.225. The van der Waals surface area contributed by atoms with E-state index < -0.39 is 0 Å². The highest BCUT2D eigenvalue weighted by molar-refractivity contribution is 5.80. The van der Waals surface area contributed by atoms with Crippen LogP contribution in [-0.2, 0) is 4.79 Å². The lowest BCUT2D eigenvalue weighted by Crippen LogP contribution is -2.45. The molecule has 0 saturated carbocycles. The Morgan fingerprint density at radius 2 is 1.71 bits per heavy atom. The summed E-state index contributed by atoms with van der Waals surface area (Å²) in [6.07, 6.45) is 0.225. The molecule has 0 aromatic heterocycles. The number of amides is 1. The van der Waals surface area contributed by atoms with Gasteiger partial charge in [0.1, 0.15) is 0 Å². The Morgan fingerprint density at radius 1 is 1.18 bits per heavy atom. The predicted octanol–water partition coefficient (Wildman–Crippen LogP) is 2.33. The van der Waals surface area contributed by atoms with Crippen LogP contribution in [-0.4, -0.2) is 30.1 Å². The van der Waals surface area contributed by atoms with E-state index in [2.05, 4.69) is 51.8 Å². The zero-order valence-corrected chi connectivity index (χ0v) is 12.2. The molecule has 1 saturated heterocycles. The minimum Gasteiger partial charge on any atom is -0.325 e. The first-order chi connectivity index (χ1) is 7.84.